The van der Waals surface area contributed by atoms with Gasteiger partial charge in [0.2, 0.25) is 0 Å². The average molecular weight is 265 g/mol. The number of pyridine rings is 1. The molecule has 0 bridgehead atoms. The number of carbonyl (C=O) groups excluding carboxylic acids is 1. The van der Waals surface area contributed by atoms with E-state index in [-0.39, 0.29) is 5.41 Å². The van der Waals surface area contributed by atoms with Crippen molar-refractivity contribution in [3.63, 3.8) is 0 Å². The molecule has 1 atom stereocenters. The van der Waals surface area contributed by atoms with Crippen LogP contribution in [0.5, 0.6) is 0 Å². The van der Waals surface area contributed by atoms with Crippen molar-refractivity contribution >= 4 is 5.78 Å². The first kappa shape index (κ1) is 13.0. The van der Waals surface area contributed by atoms with Gasteiger partial charge in [0.25, 0.3) is 0 Å². The largest absolute Gasteiger partial charge is 0.299 e. The van der Waals surface area contributed by atoms with Crippen molar-refractivity contribution in [2.24, 2.45) is 0 Å². The Morgan fingerprint density at radius 1 is 1.00 bits per heavy atom. The average Bonchev–Trinajstić information content (AvgIpc) is 2.52. The highest BCUT2D eigenvalue weighted by Gasteiger charge is 2.41. The van der Waals surface area contributed by atoms with Gasteiger partial charge in [0.05, 0.1) is 5.41 Å². The van der Waals surface area contributed by atoms with Gasteiger partial charge in [0, 0.05) is 24.7 Å². The van der Waals surface area contributed by atoms with Crippen LogP contribution in [-0.4, -0.2) is 10.8 Å². The summed E-state index contributed by atoms with van der Waals surface area (Å²) >= 11 is 0. The predicted molar refractivity (Wildman–Crippen MR) is 79.5 cm³/mol. The van der Waals surface area contributed by atoms with Crippen molar-refractivity contribution in [3.8, 4) is 0 Å². The molecule has 1 aromatic heterocycles. The number of benzene rings is 1. The second-order valence-electron chi connectivity index (χ2n) is 5.58. The topological polar surface area (TPSA) is 30.0 Å². The first-order valence-electron chi connectivity index (χ1n) is 7.30. The van der Waals surface area contributed by atoms with Gasteiger partial charge < -0.3 is 0 Å². The smallest absolute Gasteiger partial charge is 0.143 e. The Labute approximate surface area is 119 Å². The summed E-state index contributed by atoms with van der Waals surface area (Å²) in [5.41, 5.74) is 1.79. The van der Waals surface area contributed by atoms with E-state index in [9.17, 15) is 4.79 Å². The molecule has 0 aliphatic heterocycles. The first-order chi connectivity index (χ1) is 9.81. The number of Topliss-reactive ketones (excluding diaryl/α,β-unsaturated/α-hetero) is 1. The summed E-state index contributed by atoms with van der Waals surface area (Å²) in [5.74, 6) is 0.376. The lowest BCUT2D eigenvalue weighted by Gasteiger charge is -2.36. The van der Waals surface area contributed by atoms with Gasteiger partial charge in [0.15, 0.2) is 0 Å². The third-order valence-electron chi connectivity index (χ3n) is 4.33. The number of hydrogen-bond acceptors (Lipinski definition) is 2. The molecule has 2 aromatic rings. The van der Waals surface area contributed by atoms with Gasteiger partial charge in [-0.3, -0.25) is 9.78 Å². The molecule has 20 heavy (non-hydrogen) atoms. The minimum Gasteiger partial charge on any atom is -0.299 e. The molecule has 0 spiro atoms. The summed E-state index contributed by atoms with van der Waals surface area (Å²) in [4.78, 5) is 17.1. The van der Waals surface area contributed by atoms with Crippen molar-refractivity contribution in [1.82, 2.24) is 4.98 Å². The zero-order valence-corrected chi connectivity index (χ0v) is 11.6. The molecule has 102 valence electrons. The lowest BCUT2D eigenvalue weighted by Crippen LogP contribution is -2.40. The number of rotatable bonds is 3. The van der Waals surface area contributed by atoms with Gasteiger partial charge in [0.1, 0.15) is 5.78 Å². The number of nitrogens with zero attached hydrogens (tertiary/aromatic N) is 1. The van der Waals surface area contributed by atoms with Crippen molar-refractivity contribution in [3.05, 3.63) is 66.0 Å². The fourth-order valence-corrected chi connectivity index (χ4v) is 3.25. The Morgan fingerprint density at radius 2 is 1.80 bits per heavy atom. The maximum absolute atomic E-state index is 12.7. The Kier molecular flexibility index (Phi) is 3.64. The number of hydrogen-bond donors (Lipinski definition) is 0. The highest BCUT2D eigenvalue weighted by atomic mass is 16.1. The molecule has 1 fully saturated rings. The minimum atomic E-state index is -0.367. The van der Waals surface area contributed by atoms with Gasteiger partial charge in [-0.25, -0.2) is 0 Å². The maximum Gasteiger partial charge on any atom is 0.143 e. The molecule has 0 radical (unpaired) electrons. The Balaban J connectivity index is 2.02. The van der Waals surface area contributed by atoms with Crippen LogP contribution in [0, 0.1) is 0 Å². The molecule has 1 saturated carbocycles. The highest BCUT2D eigenvalue weighted by molar-refractivity contribution is 5.91. The van der Waals surface area contributed by atoms with Crippen molar-refractivity contribution in [2.45, 2.75) is 37.5 Å². The van der Waals surface area contributed by atoms with Crippen LogP contribution in [0.15, 0.2) is 54.7 Å². The summed E-state index contributed by atoms with van der Waals surface area (Å²) in [5, 5.41) is 0. The van der Waals surface area contributed by atoms with E-state index in [0.717, 1.165) is 36.9 Å². The summed E-state index contributed by atoms with van der Waals surface area (Å²) in [6.45, 7) is 0. The van der Waals surface area contributed by atoms with E-state index in [1.807, 2.05) is 36.4 Å². The van der Waals surface area contributed by atoms with Gasteiger partial charge in [-0.15, -0.1) is 0 Å². The van der Waals surface area contributed by atoms with E-state index in [1.165, 1.54) is 0 Å². The van der Waals surface area contributed by atoms with Crippen LogP contribution in [0.25, 0.3) is 0 Å². The van der Waals surface area contributed by atoms with Crippen LogP contribution in [0.2, 0.25) is 0 Å². The quantitative estimate of drug-likeness (QED) is 0.847. The normalized spacial score (nSPS) is 22.7. The zero-order chi connectivity index (χ0) is 13.8. The molecular weight excluding hydrogens is 246 g/mol. The summed E-state index contributed by atoms with van der Waals surface area (Å²) in [7, 11) is 0. The lowest BCUT2D eigenvalue weighted by molar-refractivity contribution is -0.126. The van der Waals surface area contributed by atoms with Crippen molar-refractivity contribution in [1.29, 1.82) is 0 Å². The van der Waals surface area contributed by atoms with E-state index in [1.54, 1.807) is 6.20 Å². The standard InChI is InChI=1S/C18H19NO/c20-17-11-4-6-12-18(17,15-8-2-1-3-9-15)14-16-10-5-7-13-19-16/h1-3,5,7-10,13H,4,6,11-12,14H2. The molecular formula is C18H19NO. The third-order valence-corrected chi connectivity index (χ3v) is 4.33. The summed E-state index contributed by atoms with van der Waals surface area (Å²) in [6.07, 6.45) is 6.30. The van der Waals surface area contributed by atoms with Gasteiger partial charge in [-0.1, -0.05) is 42.8 Å². The number of ketones is 1. The van der Waals surface area contributed by atoms with Crippen LogP contribution in [0.1, 0.15) is 36.9 Å². The monoisotopic (exact) mass is 265 g/mol. The van der Waals surface area contributed by atoms with E-state index in [0.29, 0.717) is 12.2 Å². The molecule has 2 nitrogen and oxygen atoms in total. The molecule has 1 aliphatic rings. The highest BCUT2D eigenvalue weighted by Crippen LogP contribution is 2.39. The van der Waals surface area contributed by atoms with Crippen LogP contribution in [0.4, 0.5) is 0 Å². The number of carbonyl (C=O) groups is 1. The molecule has 1 aliphatic carbocycles. The van der Waals surface area contributed by atoms with Crippen molar-refractivity contribution in [2.75, 3.05) is 0 Å². The molecule has 2 heteroatoms. The first-order valence-corrected chi connectivity index (χ1v) is 7.30. The molecule has 0 N–H and O–H groups in total. The molecule has 1 heterocycles. The Morgan fingerprint density at radius 3 is 2.50 bits per heavy atom. The van der Waals surface area contributed by atoms with E-state index < -0.39 is 0 Å². The van der Waals surface area contributed by atoms with Crippen LogP contribution >= 0.6 is 0 Å². The molecule has 1 aromatic carbocycles. The van der Waals surface area contributed by atoms with Crippen molar-refractivity contribution < 1.29 is 4.79 Å². The van der Waals surface area contributed by atoms with Crippen LogP contribution in [0.3, 0.4) is 0 Å². The Hall–Kier alpha value is -1.96. The molecule has 0 saturated heterocycles. The number of aromatic nitrogens is 1. The van der Waals surface area contributed by atoms with E-state index in [4.69, 9.17) is 0 Å². The fourth-order valence-electron chi connectivity index (χ4n) is 3.25. The van der Waals surface area contributed by atoms with Gasteiger partial charge in [-0.05, 0) is 30.5 Å². The Bertz CT molecular complexity index is 579. The fraction of sp³-hybridized carbons (Fsp3) is 0.333. The summed E-state index contributed by atoms with van der Waals surface area (Å²) in [6, 6.07) is 16.2. The maximum atomic E-state index is 12.7. The molecule has 0 amide bonds. The third kappa shape index (κ3) is 2.38. The second kappa shape index (κ2) is 5.58. The van der Waals surface area contributed by atoms with Crippen LogP contribution in [-0.2, 0) is 16.6 Å². The van der Waals surface area contributed by atoms with Gasteiger partial charge >= 0.3 is 0 Å². The zero-order valence-electron chi connectivity index (χ0n) is 11.6. The molecule has 1 unspecified atom stereocenters. The van der Waals surface area contributed by atoms with Crippen LogP contribution < -0.4 is 0 Å². The SMILES string of the molecule is O=C1CCCCC1(Cc1ccccn1)c1ccccc1. The van der Waals surface area contributed by atoms with E-state index >= 15 is 0 Å². The second-order valence-corrected chi connectivity index (χ2v) is 5.58. The summed E-state index contributed by atoms with van der Waals surface area (Å²) < 4.78 is 0. The predicted octanol–water partition coefficient (Wildman–Crippen LogP) is 3.71. The van der Waals surface area contributed by atoms with E-state index in [2.05, 4.69) is 17.1 Å². The van der Waals surface area contributed by atoms with Gasteiger partial charge in [-0.2, -0.15) is 0 Å². The molecule has 3 rings (SSSR count). The minimum absolute atomic E-state index is 0.367. The lowest BCUT2D eigenvalue weighted by atomic mass is 9.66.